The molecule has 0 bridgehead atoms. The van der Waals surface area contributed by atoms with Gasteiger partial charge >= 0.3 is 0 Å². The SMILES string of the molecule is CCCCC1CNc2ccccc21. The molecular weight excluding hydrogens is 158 g/mol. The molecule has 0 spiro atoms. The van der Waals surface area contributed by atoms with Gasteiger partial charge in [-0.25, -0.2) is 0 Å². The monoisotopic (exact) mass is 175 g/mol. The van der Waals surface area contributed by atoms with Crippen LogP contribution in [-0.4, -0.2) is 6.54 Å². The van der Waals surface area contributed by atoms with Gasteiger partial charge in [0.05, 0.1) is 0 Å². The van der Waals surface area contributed by atoms with Crippen molar-refractivity contribution in [3.8, 4) is 0 Å². The lowest BCUT2D eigenvalue weighted by Gasteiger charge is -2.08. The normalized spacial score (nSPS) is 19.6. The van der Waals surface area contributed by atoms with Gasteiger partial charge < -0.3 is 5.32 Å². The second-order valence-electron chi connectivity index (χ2n) is 3.81. The van der Waals surface area contributed by atoms with Crippen LogP contribution in [0.1, 0.15) is 37.7 Å². The molecule has 13 heavy (non-hydrogen) atoms. The van der Waals surface area contributed by atoms with Gasteiger partial charge in [0.2, 0.25) is 0 Å². The van der Waals surface area contributed by atoms with Gasteiger partial charge in [-0.3, -0.25) is 0 Å². The molecular formula is C12H17N. The van der Waals surface area contributed by atoms with E-state index in [1.54, 1.807) is 0 Å². The second kappa shape index (κ2) is 3.82. The molecule has 1 aliphatic rings. The van der Waals surface area contributed by atoms with Crippen LogP contribution in [0, 0.1) is 0 Å². The number of anilines is 1. The number of para-hydroxylation sites is 1. The molecule has 1 nitrogen and oxygen atoms in total. The smallest absolute Gasteiger partial charge is 0.0376 e. The first-order chi connectivity index (χ1) is 6.42. The molecule has 1 unspecified atom stereocenters. The third-order valence-electron chi connectivity index (χ3n) is 2.85. The summed E-state index contributed by atoms with van der Waals surface area (Å²) >= 11 is 0. The molecule has 70 valence electrons. The van der Waals surface area contributed by atoms with Crippen molar-refractivity contribution in [2.75, 3.05) is 11.9 Å². The van der Waals surface area contributed by atoms with Crippen molar-refractivity contribution in [1.29, 1.82) is 0 Å². The van der Waals surface area contributed by atoms with Crippen LogP contribution >= 0.6 is 0 Å². The van der Waals surface area contributed by atoms with Crippen LogP contribution in [0.3, 0.4) is 0 Å². The quantitative estimate of drug-likeness (QED) is 0.742. The van der Waals surface area contributed by atoms with Crippen molar-refractivity contribution in [3.63, 3.8) is 0 Å². The van der Waals surface area contributed by atoms with E-state index >= 15 is 0 Å². The highest BCUT2D eigenvalue weighted by Crippen LogP contribution is 2.33. The summed E-state index contributed by atoms with van der Waals surface area (Å²) in [6.45, 7) is 3.40. The molecule has 0 saturated heterocycles. The van der Waals surface area contributed by atoms with Crippen molar-refractivity contribution in [3.05, 3.63) is 29.8 Å². The number of hydrogen-bond donors (Lipinski definition) is 1. The van der Waals surface area contributed by atoms with Crippen LogP contribution in [0.4, 0.5) is 5.69 Å². The van der Waals surface area contributed by atoms with Crippen molar-refractivity contribution in [2.45, 2.75) is 32.1 Å². The van der Waals surface area contributed by atoms with Crippen LogP contribution in [0.15, 0.2) is 24.3 Å². The van der Waals surface area contributed by atoms with Crippen LogP contribution in [0.5, 0.6) is 0 Å². The molecule has 1 aromatic rings. The molecule has 1 atom stereocenters. The number of rotatable bonds is 3. The highest BCUT2D eigenvalue weighted by molar-refractivity contribution is 5.57. The molecule has 1 aromatic carbocycles. The fraction of sp³-hybridized carbons (Fsp3) is 0.500. The van der Waals surface area contributed by atoms with Gasteiger partial charge in [-0.05, 0) is 18.1 Å². The van der Waals surface area contributed by atoms with Gasteiger partial charge in [-0.1, -0.05) is 38.0 Å². The topological polar surface area (TPSA) is 12.0 Å². The lowest BCUT2D eigenvalue weighted by atomic mass is 9.96. The van der Waals surface area contributed by atoms with Crippen LogP contribution in [0.25, 0.3) is 0 Å². The van der Waals surface area contributed by atoms with Gasteiger partial charge in [0, 0.05) is 18.2 Å². The third kappa shape index (κ3) is 1.69. The predicted octanol–water partition coefficient (Wildman–Crippen LogP) is 3.39. The standard InChI is InChI=1S/C12H17N/c1-2-3-6-10-9-13-12-8-5-4-7-11(10)12/h4-5,7-8,10,13H,2-3,6,9H2,1H3. The Labute approximate surface area is 80.2 Å². The summed E-state index contributed by atoms with van der Waals surface area (Å²) in [5, 5.41) is 3.46. The number of fused-ring (bicyclic) bond motifs is 1. The minimum absolute atomic E-state index is 0.760. The van der Waals surface area contributed by atoms with E-state index in [1.807, 2.05) is 0 Å². The Morgan fingerprint density at radius 2 is 2.23 bits per heavy atom. The number of benzene rings is 1. The first-order valence-electron chi connectivity index (χ1n) is 5.24. The van der Waals surface area contributed by atoms with E-state index in [4.69, 9.17) is 0 Å². The predicted molar refractivity (Wildman–Crippen MR) is 57.2 cm³/mol. The molecule has 0 radical (unpaired) electrons. The molecule has 1 aliphatic heterocycles. The van der Waals surface area contributed by atoms with Gasteiger partial charge in [0.15, 0.2) is 0 Å². The van der Waals surface area contributed by atoms with Gasteiger partial charge in [-0.15, -0.1) is 0 Å². The van der Waals surface area contributed by atoms with E-state index in [9.17, 15) is 0 Å². The fourth-order valence-corrected chi connectivity index (χ4v) is 2.07. The van der Waals surface area contributed by atoms with Crippen LogP contribution in [-0.2, 0) is 0 Å². The highest BCUT2D eigenvalue weighted by atomic mass is 14.9. The van der Waals surface area contributed by atoms with Crippen molar-refractivity contribution < 1.29 is 0 Å². The second-order valence-corrected chi connectivity index (χ2v) is 3.81. The van der Waals surface area contributed by atoms with Crippen LogP contribution < -0.4 is 5.32 Å². The van der Waals surface area contributed by atoms with Crippen molar-refractivity contribution >= 4 is 5.69 Å². The molecule has 0 aliphatic carbocycles. The maximum Gasteiger partial charge on any atom is 0.0376 e. The average molecular weight is 175 g/mol. The largest absolute Gasteiger partial charge is 0.384 e. The lowest BCUT2D eigenvalue weighted by Crippen LogP contribution is -2.01. The lowest BCUT2D eigenvalue weighted by molar-refractivity contribution is 0.622. The Morgan fingerprint density at radius 3 is 3.08 bits per heavy atom. The molecule has 0 aromatic heterocycles. The molecule has 2 rings (SSSR count). The van der Waals surface area contributed by atoms with E-state index in [-0.39, 0.29) is 0 Å². The summed E-state index contributed by atoms with van der Waals surface area (Å²) < 4.78 is 0. The van der Waals surface area contributed by atoms with Crippen molar-refractivity contribution in [2.24, 2.45) is 0 Å². The minimum atomic E-state index is 0.760. The van der Waals surface area contributed by atoms with Gasteiger partial charge in [-0.2, -0.15) is 0 Å². The Kier molecular flexibility index (Phi) is 2.53. The molecule has 1 heteroatoms. The molecule has 0 amide bonds. The average Bonchev–Trinajstić information content (AvgIpc) is 2.58. The first-order valence-corrected chi connectivity index (χ1v) is 5.24. The molecule has 0 fully saturated rings. The number of nitrogens with one attached hydrogen (secondary N) is 1. The van der Waals surface area contributed by atoms with Crippen LogP contribution in [0.2, 0.25) is 0 Å². The van der Waals surface area contributed by atoms with E-state index in [0.29, 0.717) is 0 Å². The summed E-state index contributed by atoms with van der Waals surface area (Å²) in [5.74, 6) is 0.760. The zero-order valence-electron chi connectivity index (χ0n) is 8.22. The van der Waals surface area contributed by atoms with Gasteiger partial charge in [0.25, 0.3) is 0 Å². The third-order valence-corrected chi connectivity index (χ3v) is 2.85. The number of hydrogen-bond acceptors (Lipinski definition) is 1. The summed E-state index contributed by atoms with van der Waals surface area (Å²) in [6, 6.07) is 8.69. The van der Waals surface area contributed by atoms with E-state index < -0.39 is 0 Å². The summed E-state index contributed by atoms with van der Waals surface area (Å²) in [5.41, 5.74) is 2.87. The Bertz CT molecular complexity index is 280. The van der Waals surface area contributed by atoms with Crippen molar-refractivity contribution in [1.82, 2.24) is 0 Å². The summed E-state index contributed by atoms with van der Waals surface area (Å²) in [4.78, 5) is 0. The molecule has 0 saturated carbocycles. The first kappa shape index (κ1) is 8.61. The molecule has 1 heterocycles. The number of unbranched alkanes of at least 4 members (excludes halogenated alkanes) is 1. The maximum atomic E-state index is 3.46. The highest BCUT2D eigenvalue weighted by Gasteiger charge is 2.20. The minimum Gasteiger partial charge on any atom is -0.384 e. The zero-order valence-corrected chi connectivity index (χ0v) is 8.22. The zero-order chi connectivity index (χ0) is 9.10. The Hall–Kier alpha value is -0.980. The Balaban J connectivity index is 2.09. The molecule has 1 N–H and O–H groups in total. The summed E-state index contributed by atoms with van der Waals surface area (Å²) in [6.07, 6.45) is 3.99. The summed E-state index contributed by atoms with van der Waals surface area (Å²) in [7, 11) is 0. The maximum absolute atomic E-state index is 3.46. The van der Waals surface area contributed by atoms with E-state index in [1.165, 1.54) is 30.5 Å². The fourth-order valence-electron chi connectivity index (χ4n) is 2.07. The van der Waals surface area contributed by atoms with E-state index in [2.05, 4.69) is 36.5 Å². The van der Waals surface area contributed by atoms with Gasteiger partial charge in [0.1, 0.15) is 0 Å². The van der Waals surface area contributed by atoms with E-state index in [0.717, 1.165) is 12.5 Å². The Morgan fingerprint density at radius 1 is 1.38 bits per heavy atom.